The van der Waals surface area contributed by atoms with E-state index in [0.717, 1.165) is 23.4 Å². The van der Waals surface area contributed by atoms with Gasteiger partial charge in [-0.2, -0.15) is 0 Å². The molecule has 3 aromatic heterocycles. The summed E-state index contributed by atoms with van der Waals surface area (Å²) < 4.78 is 16.6. The van der Waals surface area contributed by atoms with E-state index in [9.17, 15) is 9.18 Å². The Balaban J connectivity index is 1.50. The number of hydrogen-bond donors (Lipinski definition) is 1. The summed E-state index contributed by atoms with van der Waals surface area (Å²) in [4.78, 5) is 18.1. The molecule has 1 aliphatic heterocycles. The van der Waals surface area contributed by atoms with Gasteiger partial charge in [-0.05, 0) is 67.0 Å². The van der Waals surface area contributed by atoms with Crippen LogP contribution in [0.4, 0.5) is 14.9 Å². The van der Waals surface area contributed by atoms with Crippen molar-refractivity contribution in [2.45, 2.75) is 38.3 Å². The highest BCUT2D eigenvalue weighted by atomic mass is 32.1. The Morgan fingerprint density at radius 1 is 1.03 bits per heavy atom. The zero-order valence-corrected chi connectivity index (χ0v) is 19.0. The van der Waals surface area contributed by atoms with E-state index in [4.69, 9.17) is 0 Å². The van der Waals surface area contributed by atoms with Crippen LogP contribution in [0.5, 0.6) is 0 Å². The highest BCUT2D eigenvalue weighted by molar-refractivity contribution is 7.15. The highest BCUT2D eigenvalue weighted by Crippen LogP contribution is 2.44. The number of aromatic nitrogens is 1. The van der Waals surface area contributed by atoms with Crippen molar-refractivity contribution >= 4 is 34.4 Å². The van der Waals surface area contributed by atoms with Gasteiger partial charge >= 0.3 is 6.03 Å². The number of halogens is 1. The average Bonchev–Trinajstić information content (AvgIpc) is 3.55. The number of fused-ring (bicyclic) bond motifs is 5. The number of anilines is 1. The van der Waals surface area contributed by atoms with E-state index in [2.05, 4.69) is 34.3 Å². The van der Waals surface area contributed by atoms with Crippen molar-refractivity contribution in [3.63, 3.8) is 0 Å². The molecule has 0 bridgehead atoms. The number of nitrogens with one attached hydrogen (secondary N) is 1. The van der Waals surface area contributed by atoms with E-state index in [1.807, 2.05) is 27.7 Å². The second-order valence-corrected chi connectivity index (χ2v) is 10.3. The molecule has 4 heterocycles. The van der Waals surface area contributed by atoms with E-state index in [-0.39, 0.29) is 17.8 Å². The van der Waals surface area contributed by atoms with Gasteiger partial charge < -0.3 is 14.8 Å². The standard InChI is InChI=1S/C25H22FN3OS2/c26-18-8-2-3-9-19(18)27-25(30)29-15-17-16-7-1-4-11-21(16)32-24(17)28-13-5-10-20(28)23(29)22-12-6-14-31-22/h2-3,5-6,8-10,12-14,23H,1,4,7,11,15H2,(H,27,30)/t23-/m0/s1. The fraction of sp³-hybridized carbons (Fsp3) is 0.240. The number of para-hydroxylation sites is 1. The summed E-state index contributed by atoms with van der Waals surface area (Å²) in [7, 11) is 0. The van der Waals surface area contributed by atoms with Gasteiger partial charge in [-0.1, -0.05) is 18.2 Å². The van der Waals surface area contributed by atoms with Crippen LogP contribution in [-0.2, 0) is 19.4 Å². The van der Waals surface area contributed by atoms with Crippen LogP contribution in [0.3, 0.4) is 0 Å². The number of carbonyl (C=O) groups is 1. The Morgan fingerprint density at radius 2 is 1.91 bits per heavy atom. The maximum absolute atomic E-state index is 14.3. The third-order valence-electron chi connectivity index (χ3n) is 6.37. The molecular formula is C25H22FN3OS2. The number of urea groups is 1. The van der Waals surface area contributed by atoms with Crippen LogP contribution in [0.2, 0.25) is 0 Å². The summed E-state index contributed by atoms with van der Waals surface area (Å²) in [5.41, 5.74) is 3.92. The third-order valence-corrected chi connectivity index (χ3v) is 8.63. The van der Waals surface area contributed by atoms with E-state index in [1.165, 1.54) is 39.9 Å². The van der Waals surface area contributed by atoms with Crippen molar-refractivity contribution in [1.82, 2.24) is 9.47 Å². The largest absolute Gasteiger partial charge is 0.323 e. The van der Waals surface area contributed by atoms with Gasteiger partial charge in [0.1, 0.15) is 16.9 Å². The summed E-state index contributed by atoms with van der Waals surface area (Å²) >= 11 is 3.51. The molecule has 6 rings (SSSR count). The first kappa shape index (κ1) is 19.8. The normalized spacial score (nSPS) is 17.3. The lowest BCUT2D eigenvalue weighted by atomic mass is 9.95. The molecule has 1 N–H and O–H groups in total. The Kier molecular flexibility index (Phi) is 4.88. The molecule has 2 aliphatic rings. The van der Waals surface area contributed by atoms with Crippen molar-refractivity contribution in [1.29, 1.82) is 0 Å². The first-order chi connectivity index (χ1) is 15.7. The van der Waals surface area contributed by atoms with Gasteiger partial charge in [-0.25, -0.2) is 9.18 Å². The van der Waals surface area contributed by atoms with E-state index in [0.29, 0.717) is 6.54 Å². The molecule has 4 aromatic rings. The minimum atomic E-state index is -0.430. The zero-order valence-electron chi connectivity index (χ0n) is 17.4. The number of amides is 2. The van der Waals surface area contributed by atoms with Crippen molar-refractivity contribution in [3.8, 4) is 5.00 Å². The number of rotatable bonds is 2. The molecule has 1 aliphatic carbocycles. The minimum absolute atomic E-state index is 0.203. The van der Waals surface area contributed by atoms with E-state index in [1.54, 1.807) is 29.5 Å². The van der Waals surface area contributed by atoms with Gasteiger partial charge in [0.2, 0.25) is 0 Å². The second kappa shape index (κ2) is 7.90. The van der Waals surface area contributed by atoms with Crippen molar-refractivity contribution in [3.05, 3.63) is 92.5 Å². The Hall–Kier alpha value is -2.90. The first-order valence-electron chi connectivity index (χ1n) is 10.9. The van der Waals surface area contributed by atoms with Gasteiger partial charge in [0.15, 0.2) is 0 Å². The first-order valence-corrected chi connectivity index (χ1v) is 12.6. The van der Waals surface area contributed by atoms with Crippen molar-refractivity contribution < 1.29 is 9.18 Å². The molecule has 0 saturated heterocycles. The van der Waals surface area contributed by atoms with Gasteiger partial charge in [-0.3, -0.25) is 0 Å². The number of thiophene rings is 2. The number of hydrogen-bond acceptors (Lipinski definition) is 3. The third kappa shape index (κ3) is 3.19. The number of carbonyl (C=O) groups excluding carboxylic acids is 1. The van der Waals surface area contributed by atoms with Crippen molar-refractivity contribution in [2.24, 2.45) is 0 Å². The molecule has 0 spiro atoms. The lowest BCUT2D eigenvalue weighted by Crippen LogP contribution is -2.38. The maximum Gasteiger partial charge on any atom is 0.323 e. The summed E-state index contributed by atoms with van der Waals surface area (Å²) in [6, 6.07) is 14.0. The lowest BCUT2D eigenvalue weighted by Gasteiger charge is -2.30. The Bertz CT molecular complexity index is 1290. The topological polar surface area (TPSA) is 37.3 Å². The van der Waals surface area contributed by atoms with Gasteiger partial charge in [-0.15, -0.1) is 22.7 Å². The van der Waals surface area contributed by atoms with Crippen LogP contribution in [0.25, 0.3) is 5.00 Å². The van der Waals surface area contributed by atoms with Crippen LogP contribution < -0.4 is 5.32 Å². The molecule has 0 unspecified atom stereocenters. The molecule has 1 atom stereocenters. The van der Waals surface area contributed by atoms with Crippen LogP contribution in [0.1, 0.15) is 45.5 Å². The Labute approximate surface area is 193 Å². The summed E-state index contributed by atoms with van der Waals surface area (Å²) in [5.74, 6) is -0.430. The maximum atomic E-state index is 14.3. The molecule has 0 saturated carbocycles. The molecule has 2 amide bonds. The Morgan fingerprint density at radius 3 is 2.75 bits per heavy atom. The van der Waals surface area contributed by atoms with Gasteiger partial charge in [0, 0.05) is 21.5 Å². The molecule has 7 heteroatoms. The fourth-order valence-electron chi connectivity index (χ4n) is 4.88. The van der Waals surface area contributed by atoms with Crippen molar-refractivity contribution in [2.75, 3.05) is 5.32 Å². The second-order valence-electron chi connectivity index (χ2n) is 8.25. The fourth-order valence-corrected chi connectivity index (χ4v) is 7.13. The molecular weight excluding hydrogens is 441 g/mol. The molecule has 162 valence electrons. The zero-order chi connectivity index (χ0) is 21.7. The molecule has 0 fully saturated rings. The predicted molar refractivity (Wildman–Crippen MR) is 127 cm³/mol. The predicted octanol–water partition coefficient (Wildman–Crippen LogP) is 6.76. The van der Waals surface area contributed by atoms with Crippen LogP contribution in [0.15, 0.2) is 60.1 Å². The van der Waals surface area contributed by atoms with Crippen LogP contribution >= 0.6 is 22.7 Å². The van der Waals surface area contributed by atoms with Gasteiger partial charge in [0.05, 0.1) is 17.9 Å². The average molecular weight is 464 g/mol. The summed E-state index contributed by atoms with van der Waals surface area (Å²) in [6.45, 7) is 0.506. The monoisotopic (exact) mass is 463 g/mol. The number of nitrogens with zero attached hydrogens (tertiary/aromatic N) is 2. The lowest BCUT2D eigenvalue weighted by molar-refractivity contribution is 0.195. The number of aryl methyl sites for hydroxylation is 1. The van der Waals surface area contributed by atoms with E-state index >= 15 is 0 Å². The SMILES string of the molecule is O=C(Nc1ccccc1F)N1Cc2c(sc3c2CCCC3)-n2cccc2[C@H]1c1cccs1. The highest BCUT2D eigenvalue weighted by Gasteiger charge is 2.36. The van der Waals surface area contributed by atoms with E-state index < -0.39 is 5.82 Å². The molecule has 32 heavy (non-hydrogen) atoms. The van der Waals surface area contributed by atoms with Crippen LogP contribution in [0, 0.1) is 5.82 Å². The van der Waals surface area contributed by atoms with Crippen LogP contribution in [-0.4, -0.2) is 15.5 Å². The minimum Gasteiger partial charge on any atom is -0.310 e. The molecule has 1 aromatic carbocycles. The summed E-state index contributed by atoms with van der Waals surface area (Å²) in [5, 5.41) is 6.10. The molecule has 4 nitrogen and oxygen atoms in total. The quantitative estimate of drug-likeness (QED) is 0.351. The summed E-state index contributed by atoms with van der Waals surface area (Å²) in [6.07, 6.45) is 6.68. The number of benzene rings is 1. The smallest absolute Gasteiger partial charge is 0.310 e. The molecule has 0 radical (unpaired) electrons. The van der Waals surface area contributed by atoms with Gasteiger partial charge in [0.25, 0.3) is 0 Å².